The smallest absolute Gasteiger partial charge is 0.331 e. The SMILES string of the molecule is COc1ccc(-c2c3c(=O)n(C)c(=O)n(C)c3c3n2C(C)(C)COC3c2cccc(O)c2)cc1. The highest BCUT2D eigenvalue weighted by molar-refractivity contribution is 5.97. The van der Waals surface area contributed by atoms with Gasteiger partial charge in [-0.3, -0.25) is 13.9 Å². The number of fused-ring (bicyclic) bond motifs is 3. The van der Waals surface area contributed by atoms with Crippen LogP contribution in [0.25, 0.3) is 22.2 Å². The van der Waals surface area contributed by atoms with Gasteiger partial charge in [0.1, 0.15) is 17.6 Å². The summed E-state index contributed by atoms with van der Waals surface area (Å²) in [5, 5.41) is 10.6. The standard InChI is InChI=1S/C26H27N3O5/c1-26(2)14-34-23(16-7-6-8-17(30)13-16)22-21-19(24(31)28(4)25(32)27(21)3)20(29(22)26)15-9-11-18(33-5)12-10-15/h6-13,23,30H,14H2,1-5H3. The highest BCUT2D eigenvalue weighted by Gasteiger charge is 2.40. The van der Waals surface area contributed by atoms with Crippen LogP contribution < -0.4 is 16.0 Å². The lowest BCUT2D eigenvalue weighted by Gasteiger charge is -2.39. The Balaban J connectivity index is 1.98. The van der Waals surface area contributed by atoms with Crippen LogP contribution in [0.2, 0.25) is 0 Å². The van der Waals surface area contributed by atoms with Crippen molar-refractivity contribution in [1.29, 1.82) is 0 Å². The Bertz CT molecular complexity index is 1540. The van der Waals surface area contributed by atoms with Crippen molar-refractivity contribution in [3.05, 3.63) is 80.6 Å². The van der Waals surface area contributed by atoms with Crippen molar-refractivity contribution in [2.24, 2.45) is 14.1 Å². The van der Waals surface area contributed by atoms with Crippen LogP contribution in [0, 0.1) is 0 Å². The van der Waals surface area contributed by atoms with Gasteiger partial charge in [0.15, 0.2) is 0 Å². The number of phenolic OH excluding ortho intramolecular Hbond substituents is 1. The van der Waals surface area contributed by atoms with Crippen LogP contribution in [0.5, 0.6) is 11.5 Å². The number of rotatable bonds is 3. The molecular formula is C26H27N3O5. The molecule has 1 aliphatic rings. The minimum absolute atomic E-state index is 0.119. The first kappa shape index (κ1) is 22.0. The molecule has 0 bridgehead atoms. The van der Waals surface area contributed by atoms with E-state index < -0.39 is 17.3 Å². The third-order valence-electron chi connectivity index (χ3n) is 6.60. The van der Waals surface area contributed by atoms with E-state index in [4.69, 9.17) is 9.47 Å². The number of aromatic hydroxyl groups is 1. The van der Waals surface area contributed by atoms with Crippen LogP contribution in [-0.2, 0) is 24.4 Å². The van der Waals surface area contributed by atoms with Gasteiger partial charge in [-0.2, -0.15) is 0 Å². The van der Waals surface area contributed by atoms with Gasteiger partial charge >= 0.3 is 5.69 Å². The number of aryl methyl sites for hydroxylation is 1. The summed E-state index contributed by atoms with van der Waals surface area (Å²) in [7, 11) is 4.77. The first-order chi connectivity index (χ1) is 16.2. The van der Waals surface area contributed by atoms with E-state index in [2.05, 4.69) is 4.57 Å². The Hall–Kier alpha value is -3.78. The second-order valence-electron chi connectivity index (χ2n) is 9.33. The van der Waals surface area contributed by atoms with Crippen molar-refractivity contribution in [1.82, 2.24) is 13.7 Å². The molecular weight excluding hydrogens is 434 g/mol. The number of phenols is 1. The maximum atomic E-state index is 13.6. The molecule has 0 fully saturated rings. The number of aromatic nitrogens is 3. The first-order valence-electron chi connectivity index (χ1n) is 11.1. The van der Waals surface area contributed by atoms with E-state index in [0.717, 1.165) is 21.4 Å². The van der Waals surface area contributed by atoms with Gasteiger partial charge in [0, 0.05) is 14.1 Å². The van der Waals surface area contributed by atoms with Gasteiger partial charge in [-0.25, -0.2) is 4.79 Å². The molecule has 1 aliphatic heterocycles. The minimum Gasteiger partial charge on any atom is -0.508 e. The Morgan fingerprint density at radius 2 is 1.76 bits per heavy atom. The molecule has 4 aromatic rings. The van der Waals surface area contributed by atoms with E-state index in [1.165, 1.54) is 11.6 Å². The van der Waals surface area contributed by atoms with E-state index >= 15 is 0 Å². The monoisotopic (exact) mass is 461 g/mol. The molecule has 8 heteroatoms. The molecule has 176 valence electrons. The fourth-order valence-corrected chi connectivity index (χ4v) is 4.96. The van der Waals surface area contributed by atoms with Gasteiger partial charge in [-0.15, -0.1) is 0 Å². The van der Waals surface area contributed by atoms with E-state index in [0.29, 0.717) is 29.0 Å². The highest BCUT2D eigenvalue weighted by atomic mass is 16.5. The van der Waals surface area contributed by atoms with Gasteiger partial charge in [-0.05, 0) is 61.4 Å². The summed E-state index contributed by atoms with van der Waals surface area (Å²) >= 11 is 0. The summed E-state index contributed by atoms with van der Waals surface area (Å²) in [4.78, 5) is 26.6. The zero-order valence-corrected chi connectivity index (χ0v) is 19.8. The third kappa shape index (κ3) is 3.09. The topological polar surface area (TPSA) is 87.6 Å². The Kier molecular flexibility index (Phi) is 4.95. The average molecular weight is 462 g/mol. The number of methoxy groups -OCH3 is 1. The van der Waals surface area contributed by atoms with Crippen LogP contribution in [0.1, 0.15) is 31.2 Å². The van der Waals surface area contributed by atoms with Crippen molar-refractivity contribution < 1.29 is 14.6 Å². The molecule has 1 atom stereocenters. The van der Waals surface area contributed by atoms with E-state index in [-0.39, 0.29) is 11.3 Å². The first-order valence-corrected chi connectivity index (χ1v) is 11.1. The second kappa shape index (κ2) is 7.63. The predicted molar refractivity (Wildman–Crippen MR) is 130 cm³/mol. The molecule has 2 aromatic carbocycles. The third-order valence-corrected chi connectivity index (χ3v) is 6.60. The van der Waals surface area contributed by atoms with Gasteiger partial charge in [0.2, 0.25) is 0 Å². The average Bonchev–Trinajstić information content (AvgIpc) is 3.19. The Labute approximate surface area is 196 Å². The van der Waals surface area contributed by atoms with Gasteiger partial charge < -0.3 is 19.1 Å². The van der Waals surface area contributed by atoms with Crippen molar-refractivity contribution in [2.45, 2.75) is 25.5 Å². The van der Waals surface area contributed by atoms with E-state index in [1.807, 2.05) is 44.2 Å². The zero-order valence-electron chi connectivity index (χ0n) is 19.8. The van der Waals surface area contributed by atoms with Crippen LogP contribution in [0.15, 0.2) is 58.1 Å². The second-order valence-corrected chi connectivity index (χ2v) is 9.33. The number of hydrogen-bond acceptors (Lipinski definition) is 5. The summed E-state index contributed by atoms with van der Waals surface area (Å²) in [5.74, 6) is 0.826. The maximum Gasteiger partial charge on any atom is 0.331 e. The van der Waals surface area contributed by atoms with E-state index in [9.17, 15) is 14.7 Å². The normalized spacial score (nSPS) is 17.0. The molecule has 2 aromatic heterocycles. The quantitative estimate of drug-likeness (QED) is 0.506. The Morgan fingerprint density at radius 1 is 1.06 bits per heavy atom. The molecule has 3 heterocycles. The summed E-state index contributed by atoms with van der Waals surface area (Å²) in [6, 6.07) is 14.4. The Morgan fingerprint density at radius 3 is 2.41 bits per heavy atom. The molecule has 1 unspecified atom stereocenters. The number of hydrogen-bond donors (Lipinski definition) is 1. The summed E-state index contributed by atoms with van der Waals surface area (Å²) < 4.78 is 16.4. The van der Waals surface area contributed by atoms with Crippen LogP contribution in [-0.4, -0.2) is 32.5 Å². The molecule has 8 nitrogen and oxygen atoms in total. The van der Waals surface area contributed by atoms with Gasteiger partial charge in [0.05, 0.1) is 41.5 Å². The fraction of sp³-hybridized carbons (Fsp3) is 0.308. The van der Waals surface area contributed by atoms with Crippen molar-refractivity contribution in [3.8, 4) is 22.8 Å². The molecule has 0 spiro atoms. The van der Waals surface area contributed by atoms with Crippen molar-refractivity contribution in [3.63, 3.8) is 0 Å². The van der Waals surface area contributed by atoms with Crippen LogP contribution >= 0.6 is 0 Å². The van der Waals surface area contributed by atoms with Crippen LogP contribution in [0.3, 0.4) is 0 Å². The van der Waals surface area contributed by atoms with Crippen LogP contribution in [0.4, 0.5) is 0 Å². The number of nitrogens with zero attached hydrogens (tertiary/aromatic N) is 3. The molecule has 34 heavy (non-hydrogen) atoms. The molecule has 0 radical (unpaired) electrons. The predicted octanol–water partition coefficient (Wildman–Crippen LogP) is 3.27. The van der Waals surface area contributed by atoms with Crippen molar-refractivity contribution in [2.75, 3.05) is 13.7 Å². The molecule has 0 aliphatic carbocycles. The lowest BCUT2D eigenvalue weighted by atomic mass is 9.98. The molecule has 5 rings (SSSR count). The lowest BCUT2D eigenvalue weighted by molar-refractivity contribution is -0.00714. The van der Waals surface area contributed by atoms with Gasteiger partial charge in [0.25, 0.3) is 5.56 Å². The lowest BCUT2D eigenvalue weighted by Crippen LogP contribution is -2.40. The molecule has 0 amide bonds. The zero-order chi connectivity index (χ0) is 24.4. The summed E-state index contributed by atoms with van der Waals surface area (Å²) in [5.41, 5.74) is 2.24. The molecule has 1 N–H and O–H groups in total. The van der Waals surface area contributed by atoms with Gasteiger partial charge in [-0.1, -0.05) is 12.1 Å². The van der Waals surface area contributed by atoms with Crippen molar-refractivity contribution >= 4 is 10.9 Å². The largest absolute Gasteiger partial charge is 0.508 e. The number of benzene rings is 2. The summed E-state index contributed by atoms with van der Waals surface area (Å²) in [6.07, 6.45) is -0.577. The minimum atomic E-state index is -0.577. The molecule has 0 saturated heterocycles. The maximum absolute atomic E-state index is 13.6. The number of ether oxygens (including phenoxy) is 2. The summed E-state index contributed by atoms with van der Waals surface area (Å²) in [6.45, 7) is 4.46. The van der Waals surface area contributed by atoms with E-state index in [1.54, 1.807) is 32.4 Å². The molecule has 0 saturated carbocycles. The highest BCUT2D eigenvalue weighted by Crippen LogP contribution is 2.45. The fourth-order valence-electron chi connectivity index (χ4n) is 4.96.